The smallest absolute Gasteiger partial charge is 0.280 e. The first kappa shape index (κ1) is 19.0. The van der Waals surface area contributed by atoms with E-state index in [-0.39, 0.29) is 12.5 Å². The summed E-state index contributed by atoms with van der Waals surface area (Å²) in [5.74, 6) is 3.28. The molecule has 1 N–H and O–H groups in total. The Hall–Kier alpha value is -3.78. The van der Waals surface area contributed by atoms with Crippen LogP contribution in [0.15, 0.2) is 71.8 Å². The van der Waals surface area contributed by atoms with E-state index in [9.17, 15) is 4.79 Å². The summed E-state index contributed by atoms with van der Waals surface area (Å²) < 4.78 is 11.2. The number of para-hydroxylation sites is 1. The number of hydrogen-bond donors (Lipinski definition) is 1. The van der Waals surface area contributed by atoms with Crippen molar-refractivity contribution in [2.75, 3.05) is 6.61 Å². The lowest BCUT2D eigenvalue weighted by Crippen LogP contribution is -2.33. The first-order valence-corrected chi connectivity index (χ1v) is 8.81. The van der Waals surface area contributed by atoms with Crippen LogP contribution >= 0.6 is 0 Å². The standard InChI is InChI=1S/C23H20N2O3/c1-3-14-27-22-11-7-6-10-20(22)16-24-25-23(26)17(2)28-21-13-12-18-8-4-5-9-19(18)15-21/h1,4-13,15-17H,14H2,2H3,(H,25,26). The van der Waals surface area contributed by atoms with Crippen LogP contribution in [-0.2, 0) is 4.79 Å². The minimum absolute atomic E-state index is 0.161. The average Bonchev–Trinajstić information content (AvgIpc) is 2.72. The molecule has 0 saturated carbocycles. The first-order chi connectivity index (χ1) is 13.7. The van der Waals surface area contributed by atoms with Gasteiger partial charge in [0.1, 0.15) is 18.1 Å². The second-order valence-corrected chi connectivity index (χ2v) is 6.03. The highest BCUT2D eigenvalue weighted by Crippen LogP contribution is 2.21. The van der Waals surface area contributed by atoms with E-state index in [1.165, 1.54) is 6.21 Å². The highest BCUT2D eigenvalue weighted by atomic mass is 16.5. The molecular weight excluding hydrogens is 352 g/mol. The number of amides is 1. The Morgan fingerprint density at radius 1 is 1.14 bits per heavy atom. The van der Waals surface area contributed by atoms with Gasteiger partial charge in [0.2, 0.25) is 0 Å². The normalized spacial score (nSPS) is 11.7. The maximum absolute atomic E-state index is 12.3. The van der Waals surface area contributed by atoms with Crippen molar-refractivity contribution in [3.8, 4) is 23.8 Å². The van der Waals surface area contributed by atoms with Crippen molar-refractivity contribution in [1.82, 2.24) is 5.43 Å². The minimum atomic E-state index is -0.703. The van der Waals surface area contributed by atoms with E-state index in [1.54, 1.807) is 13.0 Å². The summed E-state index contributed by atoms with van der Waals surface area (Å²) in [6, 6.07) is 20.9. The molecule has 0 aliphatic carbocycles. The summed E-state index contributed by atoms with van der Waals surface area (Å²) in [7, 11) is 0. The Kier molecular flexibility index (Phi) is 6.27. The summed E-state index contributed by atoms with van der Waals surface area (Å²) in [4.78, 5) is 12.3. The van der Waals surface area contributed by atoms with E-state index >= 15 is 0 Å². The van der Waals surface area contributed by atoms with E-state index in [2.05, 4.69) is 16.4 Å². The molecule has 1 unspecified atom stereocenters. The molecule has 1 atom stereocenters. The summed E-state index contributed by atoms with van der Waals surface area (Å²) >= 11 is 0. The number of carbonyl (C=O) groups excluding carboxylic acids is 1. The molecule has 3 aromatic rings. The number of hydrazone groups is 1. The van der Waals surface area contributed by atoms with Gasteiger partial charge in [-0.05, 0) is 42.0 Å². The van der Waals surface area contributed by atoms with Gasteiger partial charge in [-0.2, -0.15) is 5.10 Å². The Bertz CT molecular complexity index is 1040. The van der Waals surface area contributed by atoms with Gasteiger partial charge in [0.15, 0.2) is 6.10 Å². The van der Waals surface area contributed by atoms with Gasteiger partial charge in [-0.3, -0.25) is 4.79 Å². The Balaban J connectivity index is 1.59. The van der Waals surface area contributed by atoms with Gasteiger partial charge in [0.05, 0.1) is 6.21 Å². The summed E-state index contributed by atoms with van der Waals surface area (Å²) in [6.45, 7) is 1.83. The van der Waals surface area contributed by atoms with Crippen molar-refractivity contribution in [2.24, 2.45) is 5.10 Å². The zero-order valence-corrected chi connectivity index (χ0v) is 15.5. The molecule has 0 bridgehead atoms. The number of ether oxygens (including phenoxy) is 2. The number of nitrogens with one attached hydrogen (secondary N) is 1. The quantitative estimate of drug-likeness (QED) is 0.390. The van der Waals surface area contributed by atoms with Crippen LogP contribution in [0.3, 0.4) is 0 Å². The topological polar surface area (TPSA) is 59.9 Å². The molecule has 0 saturated heterocycles. The predicted molar refractivity (Wildman–Crippen MR) is 111 cm³/mol. The van der Waals surface area contributed by atoms with Crippen LogP contribution in [-0.4, -0.2) is 24.8 Å². The van der Waals surface area contributed by atoms with E-state index in [4.69, 9.17) is 15.9 Å². The van der Waals surface area contributed by atoms with Gasteiger partial charge in [-0.1, -0.05) is 48.4 Å². The molecule has 0 spiro atoms. The maximum Gasteiger partial charge on any atom is 0.280 e. The van der Waals surface area contributed by atoms with Gasteiger partial charge in [-0.15, -0.1) is 6.42 Å². The third-order valence-electron chi connectivity index (χ3n) is 4.01. The fourth-order valence-corrected chi connectivity index (χ4v) is 2.59. The van der Waals surface area contributed by atoms with Crippen LogP contribution in [0.25, 0.3) is 10.8 Å². The molecule has 5 heteroatoms. The molecule has 0 aliphatic rings. The number of rotatable bonds is 7. The third kappa shape index (κ3) is 4.89. The number of terminal acetylenes is 1. The van der Waals surface area contributed by atoms with Crippen molar-refractivity contribution in [2.45, 2.75) is 13.0 Å². The molecule has 0 radical (unpaired) electrons. The Labute approximate surface area is 164 Å². The molecule has 3 aromatic carbocycles. The molecule has 140 valence electrons. The summed E-state index contributed by atoms with van der Waals surface area (Å²) in [5, 5.41) is 6.15. The number of benzene rings is 3. The van der Waals surface area contributed by atoms with E-state index in [0.717, 1.165) is 10.8 Å². The molecule has 0 heterocycles. The monoisotopic (exact) mass is 372 g/mol. The molecule has 0 fully saturated rings. The average molecular weight is 372 g/mol. The highest BCUT2D eigenvalue weighted by molar-refractivity contribution is 5.87. The largest absolute Gasteiger partial charge is 0.481 e. The number of carbonyl (C=O) groups is 1. The lowest BCUT2D eigenvalue weighted by molar-refractivity contribution is -0.127. The molecular formula is C23H20N2O3. The van der Waals surface area contributed by atoms with Crippen LogP contribution < -0.4 is 14.9 Å². The van der Waals surface area contributed by atoms with Crippen LogP contribution in [0.5, 0.6) is 11.5 Å². The molecule has 28 heavy (non-hydrogen) atoms. The second-order valence-electron chi connectivity index (χ2n) is 6.03. The highest BCUT2D eigenvalue weighted by Gasteiger charge is 2.14. The Morgan fingerprint density at radius 2 is 1.89 bits per heavy atom. The fraction of sp³-hybridized carbons (Fsp3) is 0.130. The van der Waals surface area contributed by atoms with Gasteiger partial charge in [0, 0.05) is 5.56 Å². The third-order valence-corrected chi connectivity index (χ3v) is 4.01. The molecule has 1 amide bonds. The van der Waals surface area contributed by atoms with Crippen LogP contribution in [0.1, 0.15) is 12.5 Å². The number of nitrogens with zero attached hydrogens (tertiary/aromatic N) is 1. The summed E-state index contributed by atoms with van der Waals surface area (Å²) in [5.41, 5.74) is 3.19. The van der Waals surface area contributed by atoms with Crippen molar-refractivity contribution in [3.63, 3.8) is 0 Å². The second kappa shape index (κ2) is 9.24. The van der Waals surface area contributed by atoms with E-state index in [0.29, 0.717) is 17.1 Å². The van der Waals surface area contributed by atoms with Gasteiger partial charge in [0.25, 0.3) is 5.91 Å². The van der Waals surface area contributed by atoms with E-state index < -0.39 is 6.10 Å². The van der Waals surface area contributed by atoms with Crippen molar-refractivity contribution >= 4 is 22.9 Å². The van der Waals surface area contributed by atoms with Gasteiger partial charge in [-0.25, -0.2) is 5.43 Å². The lowest BCUT2D eigenvalue weighted by atomic mass is 10.1. The molecule has 3 rings (SSSR count). The number of fused-ring (bicyclic) bond motifs is 1. The molecule has 5 nitrogen and oxygen atoms in total. The lowest BCUT2D eigenvalue weighted by Gasteiger charge is -2.13. The zero-order valence-electron chi connectivity index (χ0n) is 15.5. The van der Waals surface area contributed by atoms with Crippen LogP contribution in [0.2, 0.25) is 0 Å². The molecule has 0 aliphatic heterocycles. The van der Waals surface area contributed by atoms with Crippen molar-refractivity contribution < 1.29 is 14.3 Å². The van der Waals surface area contributed by atoms with Gasteiger partial charge < -0.3 is 9.47 Å². The van der Waals surface area contributed by atoms with Crippen molar-refractivity contribution in [3.05, 3.63) is 72.3 Å². The Morgan fingerprint density at radius 3 is 2.71 bits per heavy atom. The van der Waals surface area contributed by atoms with Gasteiger partial charge >= 0.3 is 0 Å². The maximum atomic E-state index is 12.3. The summed E-state index contributed by atoms with van der Waals surface area (Å²) in [6.07, 6.45) is 6.02. The predicted octanol–water partition coefficient (Wildman–Crippen LogP) is 3.77. The zero-order chi connectivity index (χ0) is 19.8. The van der Waals surface area contributed by atoms with Crippen LogP contribution in [0.4, 0.5) is 0 Å². The van der Waals surface area contributed by atoms with Crippen LogP contribution in [0, 0.1) is 12.3 Å². The first-order valence-electron chi connectivity index (χ1n) is 8.81. The molecule has 0 aromatic heterocycles. The fourth-order valence-electron chi connectivity index (χ4n) is 2.59. The minimum Gasteiger partial charge on any atom is -0.481 e. The SMILES string of the molecule is C#CCOc1ccccc1C=NNC(=O)C(C)Oc1ccc2ccccc2c1. The van der Waals surface area contributed by atoms with Crippen molar-refractivity contribution in [1.29, 1.82) is 0 Å². The number of hydrogen-bond acceptors (Lipinski definition) is 4. The van der Waals surface area contributed by atoms with E-state index in [1.807, 2.05) is 60.7 Å².